The highest BCUT2D eigenvalue weighted by Gasteiger charge is 2.54. The molecule has 0 spiro atoms. The van der Waals surface area contributed by atoms with Gasteiger partial charge in [-0.2, -0.15) is 4.57 Å². The van der Waals surface area contributed by atoms with Crippen molar-refractivity contribution < 1.29 is 19.0 Å². The fourth-order valence-corrected chi connectivity index (χ4v) is 4.06. The Bertz CT molecular complexity index is 1170. The first-order chi connectivity index (χ1) is 14.4. The number of likely N-dealkylation sites (N-methyl/N-ethyl adjacent to an activating group) is 1. The lowest BCUT2D eigenvalue weighted by Gasteiger charge is -2.33. The molecule has 0 N–H and O–H groups in total. The molecule has 0 saturated carbocycles. The first-order valence-corrected chi connectivity index (χ1v) is 10.3. The minimum Gasteiger partial charge on any atom is -0.297 e. The Morgan fingerprint density at radius 3 is 2.45 bits per heavy atom. The van der Waals surface area contributed by atoms with Gasteiger partial charge in [-0.05, 0) is 32.4 Å². The Labute approximate surface area is 181 Å². The quantitative estimate of drug-likeness (QED) is 0.714. The summed E-state index contributed by atoms with van der Waals surface area (Å²) < 4.78 is 3.79. The van der Waals surface area contributed by atoms with Crippen LogP contribution in [0.15, 0.2) is 29.4 Å². The Balaban J connectivity index is 1.79. The minimum atomic E-state index is -0.767. The van der Waals surface area contributed by atoms with E-state index in [1.54, 1.807) is 32.4 Å². The number of imidazole rings is 1. The number of carbonyl (C=O) groups excluding carboxylic acids is 3. The Morgan fingerprint density at radius 1 is 1.16 bits per heavy atom. The number of benzene rings is 1. The molecule has 1 atom stereocenters. The van der Waals surface area contributed by atoms with Crippen LogP contribution in [0.25, 0.3) is 5.69 Å². The Kier molecular flexibility index (Phi) is 4.64. The number of aryl methyl sites for hydroxylation is 3. The molecule has 1 aromatic carbocycles. The van der Waals surface area contributed by atoms with Crippen molar-refractivity contribution in [2.75, 3.05) is 13.6 Å². The van der Waals surface area contributed by atoms with E-state index in [1.165, 1.54) is 4.90 Å². The summed E-state index contributed by atoms with van der Waals surface area (Å²) in [5.74, 6) is 0.362. The average Bonchev–Trinajstić information content (AvgIpc) is 3.18. The predicted molar refractivity (Wildman–Crippen MR) is 116 cm³/mol. The molecule has 1 aromatic heterocycles. The zero-order valence-electron chi connectivity index (χ0n) is 19.1. The number of amides is 3. The SMILES string of the molecule is Cc1ccc(-n2c(C)c[n+]3c2N=C2C3C(=O)N(CC(=O)C(C)(C)C)C(=O)N2C)c(C)c1. The molecule has 3 amide bonds. The molecule has 3 heterocycles. The summed E-state index contributed by atoms with van der Waals surface area (Å²) >= 11 is 0. The normalized spacial score (nSPS) is 18.3. The van der Waals surface area contributed by atoms with Gasteiger partial charge < -0.3 is 0 Å². The van der Waals surface area contributed by atoms with Crippen molar-refractivity contribution in [3.63, 3.8) is 0 Å². The third-order valence-electron chi connectivity index (χ3n) is 5.94. The maximum atomic E-state index is 13.4. The third kappa shape index (κ3) is 3.17. The molecule has 0 aliphatic carbocycles. The zero-order chi connectivity index (χ0) is 22.8. The average molecular weight is 423 g/mol. The van der Waals surface area contributed by atoms with Crippen LogP contribution in [0.5, 0.6) is 0 Å². The van der Waals surface area contributed by atoms with Gasteiger partial charge in [-0.1, -0.05) is 43.5 Å². The third-order valence-corrected chi connectivity index (χ3v) is 5.94. The summed E-state index contributed by atoms with van der Waals surface area (Å²) in [4.78, 5) is 46.0. The van der Waals surface area contributed by atoms with E-state index >= 15 is 0 Å². The maximum absolute atomic E-state index is 13.4. The highest BCUT2D eigenvalue weighted by atomic mass is 16.2. The molecule has 8 nitrogen and oxygen atoms in total. The topological polar surface area (TPSA) is 78.9 Å². The lowest BCUT2D eigenvalue weighted by atomic mass is 9.90. The number of imide groups is 1. The summed E-state index contributed by atoms with van der Waals surface area (Å²) in [5.41, 5.74) is 3.50. The molecule has 2 aromatic rings. The van der Waals surface area contributed by atoms with E-state index in [9.17, 15) is 14.4 Å². The van der Waals surface area contributed by atoms with Gasteiger partial charge in [0.25, 0.3) is 5.91 Å². The number of aliphatic imine (C=N–C) groups is 1. The van der Waals surface area contributed by atoms with Gasteiger partial charge in [0.15, 0.2) is 5.78 Å². The van der Waals surface area contributed by atoms with Crippen LogP contribution in [-0.2, 0) is 9.59 Å². The lowest BCUT2D eigenvalue weighted by molar-refractivity contribution is -0.676. The van der Waals surface area contributed by atoms with Crippen molar-refractivity contribution in [1.82, 2.24) is 14.4 Å². The van der Waals surface area contributed by atoms with Gasteiger partial charge in [-0.3, -0.25) is 19.4 Å². The molecule has 0 radical (unpaired) electrons. The van der Waals surface area contributed by atoms with E-state index in [4.69, 9.17) is 4.99 Å². The number of hydrogen-bond acceptors (Lipinski definition) is 4. The minimum absolute atomic E-state index is 0.171. The zero-order valence-corrected chi connectivity index (χ0v) is 19.1. The first-order valence-electron chi connectivity index (χ1n) is 10.3. The highest BCUT2D eigenvalue weighted by Crippen LogP contribution is 2.32. The molecule has 2 aliphatic rings. The molecule has 8 heteroatoms. The van der Waals surface area contributed by atoms with E-state index in [0.717, 1.165) is 27.4 Å². The van der Waals surface area contributed by atoms with Crippen LogP contribution >= 0.6 is 0 Å². The van der Waals surface area contributed by atoms with Crippen molar-refractivity contribution in [2.24, 2.45) is 10.4 Å². The van der Waals surface area contributed by atoms with Gasteiger partial charge >= 0.3 is 12.0 Å². The summed E-state index contributed by atoms with van der Waals surface area (Å²) in [5, 5.41) is 0. The molecule has 1 saturated heterocycles. The number of carbonyl (C=O) groups is 3. The maximum Gasteiger partial charge on any atom is 0.406 e. The van der Waals surface area contributed by atoms with Gasteiger partial charge in [0.05, 0.1) is 6.54 Å². The van der Waals surface area contributed by atoms with Gasteiger partial charge in [0.2, 0.25) is 11.9 Å². The van der Waals surface area contributed by atoms with Crippen molar-refractivity contribution >= 4 is 29.5 Å². The number of urea groups is 1. The molecule has 4 rings (SSSR count). The summed E-state index contributed by atoms with van der Waals surface area (Å²) in [6, 6.07) is 4.87. The number of Topliss-reactive ketones (excluding diaryl/α,β-unsaturated/α-hetero) is 1. The molecule has 2 aliphatic heterocycles. The summed E-state index contributed by atoms with van der Waals surface area (Å²) in [7, 11) is 1.59. The van der Waals surface area contributed by atoms with E-state index in [-0.39, 0.29) is 12.3 Å². The molecule has 1 fully saturated rings. The van der Waals surface area contributed by atoms with Crippen molar-refractivity contribution in [3.8, 4) is 5.69 Å². The van der Waals surface area contributed by atoms with Crippen LogP contribution < -0.4 is 4.57 Å². The number of amidine groups is 1. The number of fused-ring (bicyclic) bond motifs is 3. The smallest absolute Gasteiger partial charge is 0.297 e. The Morgan fingerprint density at radius 2 is 1.84 bits per heavy atom. The standard InChI is InChI=1S/C23H28N5O3/c1-13-8-9-16(14(2)10-13)28-15(3)11-26-18-19(24-21(26)28)25(7)22(31)27(20(18)30)12-17(29)23(4,5)6/h8-11,18H,12H2,1-7H3/q+1. The number of hydrogen-bond donors (Lipinski definition) is 0. The van der Waals surface area contributed by atoms with Crippen molar-refractivity contribution in [3.05, 3.63) is 41.2 Å². The highest BCUT2D eigenvalue weighted by molar-refractivity contribution is 6.20. The van der Waals surface area contributed by atoms with Gasteiger partial charge in [-0.25, -0.2) is 9.36 Å². The van der Waals surface area contributed by atoms with Gasteiger partial charge in [-0.15, -0.1) is 0 Å². The van der Waals surface area contributed by atoms with Crippen LogP contribution in [0.3, 0.4) is 0 Å². The molecule has 31 heavy (non-hydrogen) atoms. The number of aromatic nitrogens is 2. The number of ketones is 1. The van der Waals surface area contributed by atoms with Crippen LogP contribution in [0.2, 0.25) is 0 Å². The van der Waals surface area contributed by atoms with Crippen LogP contribution in [-0.4, -0.2) is 51.5 Å². The number of nitrogens with zero attached hydrogens (tertiary/aromatic N) is 5. The van der Waals surface area contributed by atoms with Crippen LogP contribution in [0.4, 0.5) is 10.7 Å². The molecular weight excluding hydrogens is 394 g/mol. The molecular formula is C23H28N5O3+. The van der Waals surface area contributed by atoms with E-state index < -0.39 is 23.4 Å². The van der Waals surface area contributed by atoms with E-state index in [2.05, 4.69) is 6.07 Å². The van der Waals surface area contributed by atoms with E-state index in [1.807, 2.05) is 43.7 Å². The largest absolute Gasteiger partial charge is 0.406 e. The van der Waals surface area contributed by atoms with Gasteiger partial charge in [0.1, 0.15) is 17.6 Å². The first kappa shape index (κ1) is 21.0. The van der Waals surface area contributed by atoms with Gasteiger partial charge in [0, 0.05) is 12.5 Å². The summed E-state index contributed by atoms with van der Waals surface area (Å²) in [6.45, 7) is 11.1. The monoisotopic (exact) mass is 422 g/mol. The second-order valence-corrected chi connectivity index (χ2v) is 9.41. The summed E-state index contributed by atoms with van der Waals surface area (Å²) in [6.07, 6.45) is 1.88. The lowest BCUT2D eigenvalue weighted by Crippen LogP contribution is -2.63. The predicted octanol–water partition coefficient (Wildman–Crippen LogP) is 2.78. The fraction of sp³-hybridized carbons (Fsp3) is 0.435. The molecule has 0 bridgehead atoms. The Hall–Kier alpha value is -3.29. The fourth-order valence-electron chi connectivity index (χ4n) is 4.06. The number of rotatable bonds is 3. The second-order valence-electron chi connectivity index (χ2n) is 9.41. The van der Waals surface area contributed by atoms with Crippen molar-refractivity contribution in [2.45, 2.75) is 47.6 Å². The molecule has 1 unspecified atom stereocenters. The van der Waals surface area contributed by atoms with Crippen LogP contribution in [0, 0.1) is 26.2 Å². The molecule has 162 valence electrons. The second kappa shape index (κ2) is 6.87. The van der Waals surface area contributed by atoms with Crippen LogP contribution in [0.1, 0.15) is 43.6 Å². The van der Waals surface area contributed by atoms with Crippen molar-refractivity contribution in [1.29, 1.82) is 0 Å². The van der Waals surface area contributed by atoms with E-state index in [0.29, 0.717) is 11.8 Å².